The van der Waals surface area contributed by atoms with E-state index < -0.39 is 56.3 Å². The molecule has 3 aliphatic carbocycles. The molecule has 0 fully saturated rings. The highest BCUT2D eigenvalue weighted by atomic mass is 16.5. The van der Waals surface area contributed by atoms with Gasteiger partial charge in [0.25, 0.3) is 0 Å². The number of aliphatic hydroxyl groups excluding tert-OH is 2. The van der Waals surface area contributed by atoms with Crippen molar-refractivity contribution in [3.05, 3.63) is 115 Å². The molecule has 0 unspecified atom stereocenters. The largest absolute Gasteiger partial charge is 0.506 e. The van der Waals surface area contributed by atoms with Gasteiger partial charge in [-0.05, 0) is 92.5 Å². The van der Waals surface area contributed by atoms with Crippen LogP contribution in [0.25, 0.3) is 11.5 Å². The van der Waals surface area contributed by atoms with Crippen LogP contribution < -0.4 is 9.47 Å². The molecule has 0 saturated heterocycles. The quantitative estimate of drug-likeness (QED) is 0.292. The van der Waals surface area contributed by atoms with Gasteiger partial charge in [0.05, 0.1) is 58.8 Å². The molecule has 0 aromatic heterocycles. The second kappa shape index (κ2) is 13.3. The van der Waals surface area contributed by atoms with Crippen LogP contribution in [-0.2, 0) is 25.2 Å². The minimum atomic E-state index is -0.847. The van der Waals surface area contributed by atoms with Gasteiger partial charge in [0.1, 0.15) is 23.0 Å². The molecule has 0 heterocycles. The number of carbonyl (C=O) groups excluding carboxylic acids is 4. The van der Waals surface area contributed by atoms with Crippen molar-refractivity contribution in [1.29, 1.82) is 0 Å². The van der Waals surface area contributed by atoms with E-state index in [-0.39, 0.29) is 56.0 Å². The van der Waals surface area contributed by atoms with E-state index in [0.29, 0.717) is 22.3 Å². The Kier molecular flexibility index (Phi) is 9.81. The SMILES string of the molecule is COc1c2cc(C(C)(C)C)cc1C(O)=C1C=C(C(C)(C)C)C=C(C(=O)C3=CC(C(C)(C)C)=CC(=C(O)c4cc(C(C)(C)C)cc(c4OC)C2=O)C3=O)C1=O. The van der Waals surface area contributed by atoms with E-state index in [4.69, 9.17) is 9.47 Å². The fourth-order valence-corrected chi connectivity index (χ4v) is 6.65. The minimum absolute atomic E-state index is 0.00545. The molecule has 8 nitrogen and oxygen atoms in total. The van der Waals surface area contributed by atoms with Gasteiger partial charge in [0.2, 0.25) is 23.1 Å². The summed E-state index contributed by atoms with van der Waals surface area (Å²) in [5.41, 5.74) is -0.592. The standard InChI is InChI=1S/C46H52O8/c1-43(2,3)23-15-27-35(47)28-16-24(44(4,5)6)18-30(37(28)49)39(51)32-20-26(46(10,11)12)22-34(42(32)54-14)40(52)33-21-25(45(7,8)9)19-31(41(33)53-13)38(50)29(17-23)36(27)48/h15-22,50-51H,1-14H3. The summed E-state index contributed by atoms with van der Waals surface area (Å²) in [5.74, 6) is -3.95. The predicted molar refractivity (Wildman–Crippen MR) is 212 cm³/mol. The first kappa shape index (κ1) is 40.0. The van der Waals surface area contributed by atoms with E-state index in [1.165, 1.54) is 26.4 Å². The average Bonchev–Trinajstić information content (AvgIpc) is 3.07. The first-order valence-electron chi connectivity index (χ1n) is 18.1. The topological polar surface area (TPSA) is 127 Å². The zero-order chi connectivity index (χ0) is 40.6. The molecule has 3 aliphatic rings. The molecule has 0 atom stereocenters. The number of carbonyl (C=O) groups is 4. The van der Waals surface area contributed by atoms with Crippen LogP contribution >= 0.6 is 0 Å². The number of hydrogen-bond donors (Lipinski definition) is 2. The van der Waals surface area contributed by atoms with Crippen molar-refractivity contribution in [2.24, 2.45) is 10.8 Å². The van der Waals surface area contributed by atoms with E-state index in [9.17, 15) is 24.6 Å². The normalized spacial score (nSPS) is 17.3. The summed E-state index contributed by atoms with van der Waals surface area (Å²) < 4.78 is 11.8. The van der Waals surface area contributed by atoms with Crippen molar-refractivity contribution in [1.82, 2.24) is 0 Å². The molecule has 0 spiro atoms. The number of allylic oxidation sites excluding steroid dienone is 10. The third-order valence-corrected chi connectivity index (χ3v) is 10.2. The second-order valence-electron chi connectivity index (χ2n) is 18.4. The van der Waals surface area contributed by atoms with Crippen molar-refractivity contribution in [3.63, 3.8) is 0 Å². The Hall–Kier alpha value is -5.24. The van der Waals surface area contributed by atoms with Gasteiger partial charge in [0.15, 0.2) is 0 Å². The number of hydrogen-bond acceptors (Lipinski definition) is 8. The smallest absolute Gasteiger partial charge is 0.200 e. The maximum Gasteiger partial charge on any atom is 0.200 e. The summed E-state index contributed by atoms with van der Waals surface area (Å²) in [4.78, 5) is 58.8. The summed E-state index contributed by atoms with van der Waals surface area (Å²) in [6, 6.07) is 6.75. The molecule has 0 aliphatic heterocycles. The molecule has 0 amide bonds. The molecule has 0 radical (unpaired) electrons. The molecule has 2 aromatic carbocycles. The molecule has 8 heteroatoms. The number of fused-ring (bicyclic) bond motifs is 8. The molecule has 2 aromatic rings. The highest BCUT2D eigenvalue weighted by Gasteiger charge is 2.39. The van der Waals surface area contributed by atoms with Crippen molar-refractivity contribution >= 4 is 34.7 Å². The van der Waals surface area contributed by atoms with Crippen LogP contribution in [0.1, 0.15) is 121 Å². The van der Waals surface area contributed by atoms with Gasteiger partial charge in [-0.15, -0.1) is 0 Å². The summed E-state index contributed by atoms with van der Waals surface area (Å²) >= 11 is 0. The van der Waals surface area contributed by atoms with Crippen LogP contribution in [-0.4, -0.2) is 47.6 Å². The van der Waals surface area contributed by atoms with Crippen LogP contribution in [0.2, 0.25) is 0 Å². The Morgan fingerprint density at radius 3 is 1.02 bits per heavy atom. The fraction of sp³-hybridized carbons (Fsp3) is 0.391. The second-order valence-corrected chi connectivity index (χ2v) is 18.4. The highest BCUT2D eigenvalue weighted by Crippen LogP contribution is 2.45. The predicted octanol–water partition coefficient (Wildman–Crippen LogP) is 9.61. The highest BCUT2D eigenvalue weighted by molar-refractivity contribution is 6.42. The van der Waals surface area contributed by atoms with E-state index in [0.717, 1.165) is 0 Å². The van der Waals surface area contributed by atoms with E-state index in [2.05, 4.69) is 0 Å². The van der Waals surface area contributed by atoms with Crippen molar-refractivity contribution < 1.29 is 38.9 Å². The summed E-state index contributed by atoms with van der Waals surface area (Å²) in [6.45, 7) is 23.2. The van der Waals surface area contributed by atoms with Gasteiger partial charge < -0.3 is 19.7 Å². The Morgan fingerprint density at radius 1 is 0.426 bits per heavy atom. The fourth-order valence-electron chi connectivity index (χ4n) is 6.65. The van der Waals surface area contributed by atoms with Gasteiger partial charge in [-0.1, -0.05) is 83.1 Å². The Bertz CT molecular complexity index is 2080. The number of aliphatic hydroxyl groups is 2. The van der Waals surface area contributed by atoms with Gasteiger partial charge in [0, 0.05) is 0 Å². The molecular formula is C46H52O8. The average molecular weight is 733 g/mol. The number of Topliss-reactive ketones (excluding diaryl/α,β-unsaturated/α-hetero) is 3. The number of ketones is 4. The first-order valence-corrected chi connectivity index (χ1v) is 18.1. The van der Waals surface area contributed by atoms with Gasteiger partial charge >= 0.3 is 0 Å². The molecule has 284 valence electrons. The molecule has 8 bridgehead atoms. The summed E-state index contributed by atoms with van der Waals surface area (Å²) in [5, 5.41) is 24.5. The lowest BCUT2D eigenvalue weighted by Crippen LogP contribution is -2.28. The van der Waals surface area contributed by atoms with Crippen LogP contribution in [0.3, 0.4) is 0 Å². The Balaban J connectivity index is 2.09. The molecule has 5 rings (SSSR count). The van der Waals surface area contributed by atoms with E-state index in [1.807, 2.05) is 83.1 Å². The molecular weight excluding hydrogens is 680 g/mol. The monoisotopic (exact) mass is 732 g/mol. The van der Waals surface area contributed by atoms with Crippen molar-refractivity contribution in [2.75, 3.05) is 14.2 Å². The Morgan fingerprint density at radius 2 is 0.741 bits per heavy atom. The first-order chi connectivity index (χ1) is 24.7. The summed E-state index contributed by atoms with van der Waals surface area (Å²) in [7, 11) is 2.75. The number of benzene rings is 2. The Labute approximate surface area is 318 Å². The summed E-state index contributed by atoms with van der Waals surface area (Å²) in [6.07, 6.45) is 6.02. The lowest BCUT2D eigenvalue weighted by molar-refractivity contribution is -0.119. The maximum atomic E-state index is 15.1. The zero-order valence-electron chi connectivity index (χ0n) is 34.0. The van der Waals surface area contributed by atoms with E-state index >= 15 is 4.79 Å². The number of rotatable bonds is 2. The van der Waals surface area contributed by atoms with Crippen LogP contribution in [0, 0.1) is 10.8 Å². The van der Waals surface area contributed by atoms with Crippen LogP contribution in [0.5, 0.6) is 11.5 Å². The molecule has 0 saturated carbocycles. The maximum absolute atomic E-state index is 15.1. The van der Waals surface area contributed by atoms with Crippen LogP contribution in [0.15, 0.2) is 82.0 Å². The van der Waals surface area contributed by atoms with E-state index in [1.54, 1.807) is 36.4 Å². The zero-order valence-corrected chi connectivity index (χ0v) is 34.0. The van der Waals surface area contributed by atoms with Gasteiger partial charge in [-0.25, -0.2) is 0 Å². The minimum Gasteiger partial charge on any atom is -0.506 e. The number of ether oxygens (including phenoxy) is 2. The lowest BCUT2D eigenvalue weighted by Gasteiger charge is -2.29. The lowest BCUT2D eigenvalue weighted by atomic mass is 9.74. The molecule has 54 heavy (non-hydrogen) atoms. The number of methoxy groups -OCH3 is 2. The van der Waals surface area contributed by atoms with Crippen molar-refractivity contribution in [3.8, 4) is 11.5 Å². The third kappa shape index (κ3) is 6.94. The molecule has 2 N–H and O–H groups in total. The van der Waals surface area contributed by atoms with Crippen molar-refractivity contribution in [2.45, 2.75) is 93.9 Å². The third-order valence-electron chi connectivity index (χ3n) is 10.2. The van der Waals surface area contributed by atoms with Gasteiger partial charge in [-0.3, -0.25) is 19.2 Å². The van der Waals surface area contributed by atoms with Gasteiger partial charge in [-0.2, -0.15) is 0 Å². The van der Waals surface area contributed by atoms with Crippen LogP contribution in [0.4, 0.5) is 0 Å².